The van der Waals surface area contributed by atoms with E-state index >= 15 is 0 Å². The maximum Gasteiger partial charge on any atom is 0.268 e. The molecule has 0 radical (unpaired) electrons. The van der Waals surface area contributed by atoms with E-state index < -0.39 is 26.6 Å². The molecule has 0 spiro atoms. The van der Waals surface area contributed by atoms with Crippen molar-refractivity contribution < 1.29 is 32.9 Å². The molecule has 3 unspecified atom stereocenters. The zero-order chi connectivity index (χ0) is 40.0. The number of hydrogen-bond acceptors (Lipinski definition) is 6. The van der Waals surface area contributed by atoms with Gasteiger partial charge in [-0.3, -0.25) is 9.36 Å². The van der Waals surface area contributed by atoms with Crippen LogP contribution in [0.15, 0.2) is 72.9 Å². The number of nitrogens with zero attached hydrogens (tertiary/aromatic N) is 1. The van der Waals surface area contributed by atoms with Crippen molar-refractivity contribution in [1.29, 1.82) is 0 Å². The summed E-state index contributed by atoms with van der Waals surface area (Å²) in [7, 11) is 1.21. The van der Waals surface area contributed by atoms with Crippen molar-refractivity contribution in [3.63, 3.8) is 0 Å². The second kappa shape index (κ2) is 36.6. The first-order valence-corrected chi connectivity index (χ1v) is 22.8. The molecule has 0 aliphatic heterocycles. The zero-order valence-corrected chi connectivity index (χ0v) is 36.0. The highest BCUT2D eigenvalue weighted by Gasteiger charge is 2.23. The zero-order valence-electron chi connectivity index (χ0n) is 35.1. The van der Waals surface area contributed by atoms with Crippen LogP contribution in [0.5, 0.6) is 0 Å². The molecular weight excluding hydrogens is 695 g/mol. The van der Waals surface area contributed by atoms with E-state index in [9.17, 15) is 19.4 Å². The summed E-state index contributed by atoms with van der Waals surface area (Å²) in [6.07, 6.45) is 48.0. The monoisotopic (exact) mass is 777 g/mol. The van der Waals surface area contributed by atoms with Gasteiger partial charge in [-0.15, -0.1) is 0 Å². The van der Waals surface area contributed by atoms with Gasteiger partial charge in [-0.2, -0.15) is 0 Å². The summed E-state index contributed by atoms with van der Waals surface area (Å²) in [5, 5.41) is 13.7. The molecule has 8 nitrogen and oxygen atoms in total. The molecule has 0 aliphatic rings. The van der Waals surface area contributed by atoms with Gasteiger partial charge in [0.1, 0.15) is 13.2 Å². The molecule has 0 aromatic rings. The number of likely N-dealkylation sites (N-methyl/N-ethyl adjacent to an activating group) is 1. The Hall–Kier alpha value is -2.06. The number of carbonyl (C=O) groups excluding carboxylic acids is 1. The molecule has 3 atom stereocenters. The van der Waals surface area contributed by atoms with Crippen molar-refractivity contribution in [2.45, 2.75) is 167 Å². The van der Waals surface area contributed by atoms with Gasteiger partial charge in [0.15, 0.2) is 0 Å². The van der Waals surface area contributed by atoms with Gasteiger partial charge in [0.2, 0.25) is 5.91 Å². The molecule has 312 valence electrons. The summed E-state index contributed by atoms with van der Waals surface area (Å²) >= 11 is 0. The van der Waals surface area contributed by atoms with Crippen LogP contribution in [0.3, 0.4) is 0 Å². The Balaban J connectivity index is 4.58. The van der Waals surface area contributed by atoms with Gasteiger partial charge in [-0.1, -0.05) is 151 Å². The number of amides is 1. The lowest BCUT2D eigenvalue weighted by Gasteiger charge is -2.29. The average Bonchev–Trinajstić information content (AvgIpc) is 3.12. The highest BCUT2D eigenvalue weighted by molar-refractivity contribution is 7.45. The van der Waals surface area contributed by atoms with Crippen LogP contribution in [0.2, 0.25) is 0 Å². The average molecular weight is 777 g/mol. The molecule has 0 heterocycles. The standard InChI is InChI=1S/C45H81N2O6P/c1-6-8-10-12-14-16-18-20-22-23-25-27-29-31-33-35-37-39-45(49)46-43(42-53-54(50,51)52-41-40-47(3,4)5)44(48)38-36-34-32-30-28-26-24-21-19-17-15-13-11-9-7-2/h8,10,14,16,20,22,25,27-28,30,36,38,43-44,48H,6-7,9,11-13,15,17-19,21,23-24,26,29,31-35,37,39-42H2,1-5H3,(H-,46,49,50,51)/b10-8-,16-14-,22-20-,27-25-,30-28+,38-36+. The third-order valence-electron chi connectivity index (χ3n) is 8.90. The number of quaternary nitrogens is 1. The Morgan fingerprint density at radius 3 is 1.72 bits per heavy atom. The highest BCUT2D eigenvalue weighted by Crippen LogP contribution is 2.38. The maximum absolute atomic E-state index is 12.8. The van der Waals surface area contributed by atoms with Crippen LogP contribution in [-0.2, 0) is 18.4 Å². The number of aliphatic hydroxyl groups is 1. The number of unbranched alkanes of at least 4 members (excludes halogenated alkanes) is 14. The van der Waals surface area contributed by atoms with Crippen molar-refractivity contribution in [2.75, 3.05) is 40.9 Å². The van der Waals surface area contributed by atoms with Gasteiger partial charge < -0.3 is 28.8 Å². The van der Waals surface area contributed by atoms with Gasteiger partial charge in [0.25, 0.3) is 7.82 Å². The molecule has 54 heavy (non-hydrogen) atoms. The molecule has 0 aliphatic carbocycles. The molecular formula is C45H81N2O6P. The number of aliphatic hydroxyl groups excluding tert-OH is 1. The van der Waals surface area contributed by atoms with Gasteiger partial charge >= 0.3 is 0 Å². The van der Waals surface area contributed by atoms with Crippen LogP contribution in [0.1, 0.15) is 155 Å². The molecule has 0 bridgehead atoms. The van der Waals surface area contributed by atoms with Gasteiger partial charge in [0, 0.05) is 6.42 Å². The molecule has 0 fully saturated rings. The van der Waals surface area contributed by atoms with E-state index in [1.54, 1.807) is 6.08 Å². The number of phosphoric acid groups is 1. The highest BCUT2D eigenvalue weighted by atomic mass is 31.2. The number of carbonyl (C=O) groups is 1. The van der Waals surface area contributed by atoms with E-state index in [-0.39, 0.29) is 12.5 Å². The van der Waals surface area contributed by atoms with Gasteiger partial charge in [-0.25, -0.2) is 0 Å². The second-order valence-corrected chi connectivity index (χ2v) is 16.7. The fourth-order valence-electron chi connectivity index (χ4n) is 5.51. The van der Waals surface area contributed by atoms with E-state index in [0.717, 1.165) is 77.0 Å². The van der Waals surface area contributed by atoms with Crippen molar-refractivity contribution in [3.8, 4) is 0 Å². The molecule has 0 saturated heterocycles. The van der Waals surface area contributed by atoms with E-state index in [2.05, 4.69) is 79.9 Å². The van der Waals surface area contributed by atoms with E-state index in [4.69, 9.17) is 9.05 Å². The minimum atomic E-state index is -4.60. The van der Waals surface area contributed by atoms with Crippen LogP contribution >= 0.6 is 7.82 Å². The molecule has 0 aromatic carbocycles. The Kier molecular flexibility index (Phi) is 35.2. The van der Waals surface area contributed by atoms with Crippen molar-refractivity contribution in [2.24, 2.45) is 0 Å². The first-order valence-electron chi connectivity index (χ1n) is 21.3. The van der Waals surface area contributed by atoms with Crippen LogP contribution in [-0.4, -0.2) is 68.5 Å². The summed E-state index contributed by atoms with van der Waals surface area (Å²) in [6, 6.07) is -0.918. The number of hydrogen-bond donors (Lipinski definition) is 2. The predicted octanol–water partition coefficient (Wildman–Crippen LogP) is 11.0. The fourth-order valence-corrected chi connectivity index (χ4v) is 6.23. The number of nitrogens with one attached hydrogen (secondary N) is 1. The van der Waals surface area contributed by atoms with E-state index in [1.165, 1.54) is 57.8 Å². The first kappa shape index (κ1) is 51.9. The lowest BCUT2D eigenvalue weighted by Crippen LogP contribution is -2.45. The smallest absolute Gasteiger partial charge is 0.268 e. The summed E-state index contributed by atoms with van der Waals surface area (Å²) in [5.74, 6) is -0.235. The molecule has 1 amide bonds. The van der Waals surface area contributed by atoms with Gasteiger partial charge in [0.05, 0.1) is 39.9 Å². The Morgan fingerprint density at radius 2 is 1.15 bits per heavy atom. The summed E-state index contributed by atoms with van der Waals surface area (Å²) in [4.78, 5) is 25.2. The lowest BCUT2D eigenvalue weighted by atomic mass is 10.1. The van der Waals surface area contributed by atoms with Crippen molar-refractivity contribution >= 4 is 13.7 Å². The molecule has 0 rings (SSSR count). The summed E-state index contributed by atoms with van der Waals surface area (Å²) < 4.78 is 23.1. The number of rotatable bonds is 37. The minimum Gasteiger partial charge on any atom is -0.756 e. The number of allylic oxidation sites excluding steroid dienone is 11. The Bertz CT molecular complexity index is 1110. The minimum absolute atomic E-state index is 0.0152. The molecule has 2 N–H and O–H groups in total. The predicted molar refractivity (Wildman–Crippen MR) is 228 cm³/mol. The molecule has 9 heteroatoms. The van der Waals surface area contributed by atoms with E-state index in [0.29, 0.717) is 17.4 Å². The molecule has 0 saturated carbocycles. The first-order chi connectivity index (χ1) is 26.0. The lowest BCUT2D eigenvalue weighted by molar-refractivity contribution is -0.870. The van der Waals surface area contributed by atoms with Crippen LogP contribution in [0.4, 0.5) is 0 Å². The van der Waals surface area contributed by atoms with Crippen LogP contribution in [0, 0.1) is 0 Å². The van der Waals surface area contributed by atoms with Crippen LogP contribution < -0.4 is 10.2 Å². The van der Waals surface area contributed by atoms with Gasteiger partial charge in [-0.05, 0) is 70.6 Å². The van der Waals surface area contributed by atoms with E-state index in [1.807, 2.05) is 27.2 Å². The number of phosphoric ester groups is 1. The van der Waals surface area contributed by atoms with Crippen molar-refractivity contribution in [1.82, 2.24) is 5.32 Å². The SMILES string of the molecule is CC/C=C\C/C=C\C/C=C\C/C=C\CCCCCCC(=O)NC(COP(=O)([O-])OCC[N+](C)(C)C)C(O)/C=C/CC/C=C/CCCCCCCCCCC. The largest absolute Gasteiger partial charge is 0.756 e. The molecule has 0 aromatic heterocycles. The normalized spacial score (nSPS) is 15.2. The quantitative estimate of drug-likeness (QED) is 0.0281. The maximum atomic E-state index is 12.8. The fraction of sp³-hybridized carbons (Fsp3) is 0.711. The summed E-state index contributed by atoms with van der Waals surface area (Å²) in [5.41, 5.74) is 0. The Labute approximate surface area is 332 Å². The summed E-state index contributed by atoms with van der Waals surface area (Å²) in [6.45, 7) is 4.46. The third-order valence-corrected chi connectivity index (χ3v) is 9.86. The third kappa shape index (κ3) is 38.2. The van der Waals surface area contributed by atoms with Crippen molar-refractivity contribution in [3.05, 3.63) is 72.9 Å². The second-order valence-electron chi connectivity index (χ2n) is 15.3. The topological polar surface area (TPSA) is 108 Å². The Morgan fingerprint density at radius 1 is 0.667 bits per heavy atom. The van der Waals surface area contributed by atoms with Crippen LogP contribution in [0.25, 0.3) is 0 Å².